The number of hydrogen-bond acceptors (Lipinski definition) is 2. The minimum atomic E-state index is 0.0837. The lowest BCUT2D eigenvalue weighted by molar-refractivity contribution is -0.134. The zero-order chi connectivity index (χ0) is 11.4. The van der Waals surface area contributed by atoms with E-state index in [-0.39, 0.29) is 12.5 Å². The Bertz CT molecular complexity index is 364. The largest absolute Gasteiger partial charge is 0.372 e. The third-order valence-electron chi connectivity index (χ3n) is 2.58. The molecule has 1 amide bonds. The van der Waals surface area contributed by atoms with E-state index in [0.29, 0.717) is 13.2 Å². The molecule has 0 bridgehead atoms. The lowest BCUT2D eigenvalue weighted by Crippen LogP contribution is -2.32. The van der Waals surface area contributed by atoms with Gasteiger partial charge in [-0.05, 0) is 24.1 Å². The van der Waals surface area contributed by atoms with Crippen molar-refractivity contribution in [1.82, 2.24) is 4.90 Å². The molecule has 0 aliphatic carbocycles. The fourth-order valence-corrected chi connectivity index (χ4v) is 1.97. The number of amides is 1. The second-order valence-electron chi connectivity index (χ2n) is 3.85. The Morgan fingerprint density at radius 3 is 2.81 bits per heavy atom. The zero-order valence-electron chi connectivity index (χ0n) is 8.99. The van der Waals surface area contributed by atoms with Crippen molar-refractivity contribution >= 4 is 21.8 Å². The molecule has 1 heterocycles. The quantitative estimate of drug-likeness (QED) is 0.833. The van der Waals surface area contributed by atoms with Gasteiger partial charge in [-0.25, -0.2) is 0 Å². The Balaban J connectivity index is 2.02. The van der Waals surface area contributed by atoms with E-state index in [9.17, 15) is 4.79 Å². The zero-order valence-corrected chi connectivity index (χ0v) is 10.6. The monoisotopic (exact) mass is 283 g/mol. The van der Waals surface area contributed by atoms with E-state index in [0.717, 1.165) is 23.0 Å². The first kappa shape index (κ1) is 11.6. The van der Waals surface area contributed by atoms with Crippen LogP contribution in [0.25, 0.3) is 0 Å². The van der Waals surface area contributed by atoms with E-state index in [4.69, 9.17) is 4.74 Å². The standard InChI is InChI=1S/C12H14BrNO2/c13-11-4-2-10(3-5-11)8-14-6-1-7-16-9-12(14)15/h2-5H,1,6-9H2. The lowest BCUT2D eigenvalue weighted by Gasteiger charge is -2.19. The predicted molar refractivity (Wildman–Crippen MR) is 65.0 cm³/mol. The van der Waals surface area contributed by atoms with Crippen molar-refractivity contribution in [2.75, 3.05) is 19.8 Å². The molecule has 1 saturated heterocycles. The summed E-state index contributed by atoms with van der Waals surface area (Å²) >= 11 is 3.39. The number of carbonyl (C=O) groups excluding carboxylic acids is 1. The average molecular weight is 284 g/mol. The second kappa shape index (κ2) is 5.46. The highest BCUT2D eigenvalue weighted by atomic mass is 79.9. The highest BCUT2D eigenvalue weighted by Gasteiger charge is 2.16. The first-order chi connectivity index (χ1) is 7.75. The molecule has 0 aromatic heterocycles. The van der Waals surface area contributed by atoms with Crippen LogP contribution in [0.3, 0.4) is 0 Å². The molecule has 0 radical (unpaired) electrons. The van der Waals surface area contributed by atoms with Crippen molar-refractivity contribution in [3.63, 3.8) is 0 Å². The van der Waals surface area contributed by atoms with Crippen LogP contribution in [0.5, 0.6) is 0 Å². The molecule has 1 aromatic rings. The molecular weight excluding hydrogens is 270 g/mol. The highest BCUT2D eigenvalue weighted by Crippen LogP contribution is 2.13. The van der Waals surface area contributed by atoms with Crippen molar-refractivity contribution in [1.29, 1.82) is 0 Å². The Morgan fingerprint density at radius 2 is 2.06 bits per heavy atom. The first-order valence-electron chi connectivity index (χ1n) is 5.35. The normalized spacial score (nSPS) is 17.3. The molecule has 86 valence electrons. The summed E-state index contributed by atoms with van der Waals surface area (Å²) < 4.78 is 6.25. The molecule has 1 aliphatic rings. The van der Waals surface area contributed by atoms with Gasteiger partial charge in [0, 0.05) is 24.2 Å². The van der Waals surface area contributed by atoms with Gasteiger partial charge in [-0.15, -0.1) is 0 Å². The Hall–Kier alpha value is -0.870. The smallest absolute Gasteiger partial charge is 0.248 e. The van der Waals surface area contributed by atoms with E-state index >= 15 is 0 Å². The highest BCUT2D eigenvalue weighted by molar-refractivity contribution is 9.10. The fourth-order valence-electron chi connectivity index (χ4n) is 1.71. The summed E-state index contributed by atoms with van der Waals surface area (Å²) in [6, 6.07) is 8.05. The van der Waals surface area contributed by atoms with E-state index < -0.39 is 0 Å². The fraction of sp³-hybridized carbons (Fsp3) is 0.417. The molecule has 1 fully saturated rings. The molecule has 1 aliphatic heterocycles. The van der Waals surface area contributed by atoms with Gasteiger partial charge in [0.1, 0.15) is 6.61 Å². The maximum atomic E-state index is 11.7. The Kier molecular flexibility index (Phi) is 3.96. The molecule has 0 saturated carbocycles. The van der Waals surface area contributed by atoms with Crippen LogP contribution in [0.15, 0.2) is 28.7 Å². The third kappa shape index (κ3) is 3.06. The van der Waals surface area contributed by atoms with E-state index in [1.807, 2.05) is 29.2 Å². The van der Waals surface area contributed by atoms with E-state index in [1.54, 1.807) is 0 Å². The van der Waals surface area contributed by atoms with Gasteiger partial charge in [0.05, 0.1) is 0 Å². The number of benzene rings is 1. The molecule has 16 heavy (non-hydrogen) atoms. The van der Waals surface area contributed by atoms with Crippen LogP contribution in [0.4, 0.5) is 0 Å². The van der Waals surface area contributed by atoms with Gasteiger partial charge in [-0.3, -0.25) is 4.79 Å². The van der Waals surface area contributed by atoms with Gasteiger partial charge in [0.15, 0.2) is 0 Å². The summed E-state index contributed by atoms with van der Waals surface area (Å²) in [7, 11) is 0. The number of carbonyl (C=O) groups is 1. The summed E-state index contributed by atoms with van der Waals surface area (Å²) in [4.78, 5) is 13.5. The molecule has 4 heteroatoms. The van der Waals surface area contributed by atoms with Crippen LogP contribution in [-0.2, 0) is 16.1 Å². The molecule has 2 rings (SSSR count). The third-order valence-corrected chi connectivity index (χ3v) is 3.11. The first-order valence-corrected chi connectivity index (χ1v) is 6.15. The van der Waals surface area contributed by atoms with Crippen LogP contribution < -0.4 is 0 Å². The second-order valence-corrected chi connectivity index (χ2v) is 4.76. The number of rotatable bonds is 2. The van der Waals surface area contributed by atoms with Crippen LogP contribution in [-0.4, -0.2) is 30.6 Å². The van der Waals surface area contributed by atoms with Crippen molar-refractivity contribution in [2.24, 2.45) is 0 Å². The molecule has 0 atom stereocenters. The van der Waals surface area contributed by atoms with Gasteiger partial charge < -0.3 is 9.64 Å². The van der Waals surface area contributed by atoms with Gasteiger partial charge in [0.2, 0.25) is 5.91 Å². The van der Waals surface area contributed by atoms with Crippen LogP contribution >= 0.6 is 15.9 Å². The van der Waals surface area contributed by atoms with Crippen LogP contribution in [0.2, 0.25) is 0 Å². The summed E-state index contributed by atoms with van der Waals surface area (Å²) in [6.07, 6.45) is 0.919. The number of hydrogen-bond donors (Lipinski definition) is 0. The minimum Gasteiger partial charge on any atom is -0.372 e. The number of halogens is 1. The number of nitrogens with zero attached hydrogens (tertiary/aromatic N) is 1. The SMILES string of the molecule is O=C1COCCCN1Cc1ccc(Br)cc1. The Morgan fingerprint density at radius 1 is 1.31 bits per heavy atom. The van der Waals surface area contributed by atoms with Crippen molar-refractivity contribution in [2.45, 2.75) is 13.0 Å². The van der Waals surface area contributed by atoms with E-state index in [1.165, 1.54) is 0 Å². The molecule has 1 aromatic carbocycles. The van der Waals surface area contributed by atoms with Gasteiger partial charge in [-0.2, -0.15) is 0 Å². The summed E-state index contributed by atoms with van der Waals surface area (Å²) in [5.41, 5.74) is 1.15. The van der Waals surface area contributed by atoms with Crippen molar-refractivity contribution < 1.29 is 9.53 Å². The molecular formula is C12H14BrNO2. The summed E-state index contributed by atoms with van der Waals surface area (Å²) in [5, 5.41) is 0. The topological polar surface area (TPSA) is 29.5 Å². The lowest BCUT2D eigenvalue weighted by atomic mass is 10.2. The molecule has 0 unspecified atom stereocenters. The molecule has 0 spiro atoms. The van der Waals surface area contributed by atoms with Crippen molar-refractivity contribution in [3.8, 4) is 0 Å². The van der Waals surface area contributed by atoms with Crippen LogP contribution in [0, 0.1) is 0 Å². The summed E-state index contributed by atoms with van der Waals surface area (Å²) in [6.45, 7) is 2.36. The van der Waals surface area contributed by atoms with Gasteiger partial charge >= 0.3 is 0 Å². The number of ether oxygens (including phenoxy) is 1. The van der Waals surface area contributed by atoms with Gasteiger partial charge in [0.25, 0.3) is 0 Å². The summed E-state index contributed by atoms with van der Waals surface area (Å²) in [5.74, 6) is 0.0837. The maximum absolute atomic E-state index is 11.7. The minimum absolute atomic E-state index is 0.0837. The molecule has 0 N–H and O–H groups in total. The van der Waals surface area contributed by atoms with E-state index in [2.05, 4.69) is 15.9 Å². The maximum Gasteiger partial charge on any atom is 0.248 e. The molecule has 3 nitrogen and oxygen atoms in total. The van der Waals surface area contributed by atoms with Gasteiger partial charge in [-0.1, -0.05) is 28.1 Å². The Labute approximate surface area is 104 Å². The van der Waals surface area contributed by atoms with Crippen molar-refractivity contribution in [3.05, 3.63) is 34.3 Å². The average Bonchev–Trinajstić information content (AvgIpc) is 2.48. The predicted octanol–water partition coefficient (Wildman–Crippen LogP) is 2.20. The van der Waals surface area contributed by atoms with Crippen LogP contribution in [0.1, 0.15) is 12.0 Å².